The van der Waals surface area contributed by atoms with E-state index in [1.165, 1.54) is 4.88 Å². The summed E-state index contributed by atoms with van der Waals surface area (Å²) in [4.78, 5) is 15.3. The van der Waals surface area contributed by atoms with Crippen LogP contribution in [0.5, 0.6) is 0 Å². The van der Waals surface area contributed by atoms with Gasteiger partial charge in [0.05, 0.1) is 16.6 Å². The smallest absolute Gasteiger partial charge is 0.253 e. The minimum absolute atomic E-state index is 0.0363. The second-order valence-electron chi connectivity index (χ2n) is 4.31. The van der Waals surface area contributed by atoms with Crippen molar-refractivity contribution < 1.29 is 4.79 Å². The first-order chi connectivity index (χ1) is 8.97. The van der Waals surface area contributed by atoms with E-state index in [4.69, 9.17) is 11.6 Å². The van der Waals surface area contributed by atoms with Crippen molar-refractivity contribution >= 4 is 41.5 Å². The van der Waals surface area contributed by atoms with Crippen LogP contribution in [-0.2, 0) is 0 Å². The van der Waals surface area contributed by atoms with Gasteiger partial charge in [0.25, 0.3) is 5.91 Å². The monoisotopic (exact) mass is 311 g/mol. The maximum Gasteiger partial charge on any atom is 0.253 e. The molecule has 2 aromatic rings. The van der Waals surface area contributed by atoms with Gasteiger partial charge < -0.3 is 5.32 Å². The molecule has 0 aliphatic rings. The zero-order chi connectivity index (χ0) is 14.0. The Bertz CT molecular complexity index is 609. The molecule has 1 amide bonds. The van der Waals surface area contributed by atoms with Gasteiger partial charge in [0, 0.05) is 14.6 Å². The first-order valence-corrected chi connectivity index (χ1v) is 7.47. The SMILES string of the molecule is Cc1ccc(C(C)NC(=O)c2cc(S)ccc2Cl)s1. The van der Waals surface area contributed by atoms with Crippen LogP contribution in [0.1, 0.15) is 33.1 Å². The van der Waals surface area contributed by atoms with Crippen LogP contribution in [0.2, 0.25) is 5.02 Å². The summed E-state index contributed by atoms with van der Waals surface area (Å²) in [6.45, 7) is 4.01. The summed E-state index contributed by atoms with van der Waals surface area (Å²) in [5.41, 5.74) is 0.453. The van der Waals surface area contributed by atoms with Crippen molar-refractivity contribution in [2.24, 2.45) is 0 Å². The predicted molar refractivity (Wildman–Crippen MR) is 83.6 cm³/mol. The van der Waals surface area contributed by atoms with Crippen molar-refractivity contribution in [3.8, 4) is 0 Å². The van der Waals surface area contributed by atoms with Gasteiger partial charge in [-0.3, -0.25) is 4.79 Å². The van der Waals surface area contributed by atoms with Crippen molar-refractivity contribution in [3.05, 3.63) is 50.7 Å². The van der Waals surface area contributed by atoms with Gasteiger partial charge in [-0.25, -0.2) is 0 Å². The maximum atomic E-state index is 12.2. The molecule has 0 saturated carbocycles. The number of aryl methyl sites for hydroxylation is 1. The molecule has 2 rings (SSSR count). The minimum Gasteiger partial charge on any atom is -0.345 e. The highest BCUT2D eigenvalue weighted by Gasteiger charge is 2.15. The molecule has 19 heavy (non-hydrogen) atoms. The lowest BCUT2D eigenvalue weighted by molar-refractivity contribution is 0.0940. The van der Waals surface area contributed by atoms with Crippen LogP contribution in [0, 0.1) is 6.92 Å². The van der Waals surface area contributed by atoms with Crippen molar-refractivity contribution in [2.45, 2.75) is 24.8 Å². The Hall–Kier alpha value is -0.970. The molecule has 1 unspecified atom stereocenters. The number of benzene rings is 1. The normalized spacial score (nSPS) is 12.2. The Balaban J connectivity index is 2.15. The number of hydrogen-bond donors (Lipinski definition) is 2. The van der Waals surface area contributed by atoms with Crippen LogP contribution in [-0.4, -0.2) is 5.91 Å². The van der Waals surface area contributed by atoms with E-state index in [0.29, 0.717) is 15.5 Å². The Morgan fingerprint density at radius 3 is 2.74 bits per heavy atom. The first-order valence-electron chi connectivity index (χ1n) is 5.83. The Labute approximate surface area is 127 Å². The third-order valence-corrected chi connectivity index (χ3v) is 4.52. The molecule has 0 saturated heterocycles. The fraction of sp³-hybridized carbons (Fsp3) is 0.214. The summed E-state index contributed by atoms with van der Waals surface area (Å²) in [5.74, 6) is -0.181. The van der Waals surface area contributed by atoms with Gasteiger partial charge in [-0.15, -0.1) is 24.0 Å². The number of rotatable bonds is 3. The zero-order valence-electron chi connectivity index (χ0n) is 10.6. The Morgan fingerprint density at radius 1 is 1.37 bits per heavy atom. The molecule has 5 heteroatoms. The van der Waals surface area contributed by atoms with E-state index in [1.54, 1.807) is 29.5 Å². The van der Waals surface area contributed by atoms with Crippen molar-refractivity contribution in [2.75, 3.05) is 0 Å². The molecular weight excluding hydrogens is 298 g/mol. The van der Waals surface area contributed by atoms with Crippen molar-refractivity contribution in [1.82, 2.24) is 5.32 Å². The van der Waals surface area contributed by atoms with Crippen LogP contribution >= 0.6 is 35.6 Å². The summed E-state index contributed by atoms with van der Waals surface area (Å²) in [5, 5.41) is 3.38. The van der Waals surface area contributed by atoms with E-state index >= 15 is 0 Å². The zero-order valence-corrected chi connectivity index (χ0v) is 13.1. The lowest BCUT2D eigenvalue weighted by Gasteiger charge is -2.13. The first kappa shape index (κ1) is 14.4. The molecule has 1 atom stereocenters. The van der Waals surface area contributed by atoms with Crippen LogP contribution in [0.3, 0.4) is 0 Å². The molecule has 0 radical (unpaired) electrons. The van der Waals surface area contributed by atoms with E-state index in [2.05, 4.69) is 17.9 Å². The molecule has 0 spiro atoms. The molecule has 0 aliphatic carbocycles. The maximum absolute atomic E-state index is 12.2. The van der Waals surface area contributed by atoms with E-state index < -0.39 is 0 Å². The van der Waals surface area contributed by atoms with Gasteiger partial charge in [0.15, 0.2) is 0 Å². The number of thiophene rings is 1. The van der Waals surface area contributed by atoms with Gasteiger partial charge in [-0.05, 0) is 44.2 Å². The third-order valence-electron chi connectivity index (χ3n) is 2.73. The van der Waals surface area contributed by atoms with Gasteiger partial charge in [0.2, 0.25) is 0 Å². The van der Waals surface area contributed by atoms with Gasteiger partial charge in [0.1, 0.15) is 0 Å². The molecule has 0 fully saturated rings. The van der Waals surface area contributed by atoms with Crippen LogP contribution in [0.15, 0.2) is 35.2 Å². The van der Waals surface area contributed by atoms with Crippen LogP contribution in [0.4, 0.5) is 0 Å². The number of nitrogens with one attached hydrogen (secondary N) is 1. The van der Waals surface area contributed by atoms with Crippen LogP contribution in [0.25, 0.3) is 0 Å². The van der Waals surface area contributed by atoms with Crippen LogP contribution < -0.4 is 5.32 Å². The lowest BCUT2D eigenvalue weighted by atomic mass is 10.2. The Morgan fingerprint density at radius 2 is 2.11 bits per heavy atom. The van der Waals surface area contributed by atoms with Crippen molar-refractivity contribution in [3.63, 3.8) is 0 Å². The second kappa shape index (κ2) is 5.99. The largest absolute Gasteiger partial charge is 0.345 e. The van der Waals surface area contributed by atoms with Crippen molar-refractivity contribution in [1.29, 1.82) is 0 Å². The predicted octanol–water partition coefficient (Wildman–Crippen LogP) is 4.49. The third kappa shape index (κ3) is 3.53. The molecule has 1 heterocycles. The highest BCUT2D eigenvalue weighted by atomic mass is 35.5. The van der Waals surface area contributed by atoms with E-state index in [1.807, 2.05) is 26.0 Å². The standard InChI is InChI=1S/C14H14ClNOS2/c1-8-3-6-13(19-8)9(2)16-14(17)11-7-10(18)4-5-12(11)15/h3-7,9,18H,1-2H3,(H,16,17). The summed E-state index contributed by atoms with van der Waals surface area (Å²) in [6.07, 6.45) is 0. The minimum atomic E-state index is -0.181. The molecular formula is C14H14ClNOS2. The summed E-state index contributed by atoms with van der Waals surface area (Å²) < 4.78 is 0. The van der Waals surface area contributed by atoms with E-state index in [-0.39, 0.29) is 11.9 Å². The topological polar surface area (TPSA) is 29.1 Å². The fourth-order valence-corrected chi connectivity index (χ4v) is 3.01. The molecule has 1 N–H and O–H groups in total. The quantitative estimate of drug-likeness (QED) is 0.803. The van der Waals surface area contributed by atoms with Gasteiger partial charge in [-0.1, -0.05) is 11.6 Å². The van der Waals surface area contributed by atoms with Gasteiger partial charge in [-0.2, -0.15) is 0 Å². The van der Waals surface area contributed by atoms with Gasteiger partial charge >= 0.3 is 0 Å². The summed E-state index contributed by atoms with van der Waals surface area (Å²) in [7, 11) is 0. The number of thiol groups is 1. The average molecular weight is 312 g/mol. The van der Waals surface area contributed by atoms with E-state index in [9.17, 15) is 4.79 Å². The molecule has 2 nitrogen and oxygen atoms in total. The molecule has 1 aromatic carbocycles. The lowest BCUT2D eigenvalue weighted by Crippen LogP contribution is -2.26. The van der Waals surface area contributed by atoms with E-state index in [0.717, 1.165) is 4.88 Å². The molecule has 0 aliphatic heterocycles. The summed E-state index contributed by atoms with van der Waals surface area (Å²) >= 11 is 11.9. The Kier molecular flexibility index (Phi) is 4.55. The number of carbonyl (C=O) groups is 1. The molecule has 100 valence electrons. The number of hydrogen-bond acceptors (Lipinski definition) is 3. The second-order valence-corrected chi connectivity index (χ2v) is 6.55. The average Bonchev–Trinajstić information content (AvgIpc) is 2.79. The number of halogens is 1. The highest BCUT2D eigenvalue weighted by molar-refractivity contribution is 7.80. The fourth-order valence-electron chi connectivity index (χ4n) is 1.72. The molecule has 0 bridgehead atoms. The number of amides is 1. The number of carbonyl (C=O) groups excluding carboxylic acids is 1. The molecule has 1 aromatic heterocycles. The highest BCUT2D eigenvalue weighted by Crippen LogP contribution is 2.24. The summed E-state index contributed by atoms with van der Waals surface area (Å²) in [6, 6.07) is 9.15.